The van der Waals surface area contributed by atoms with Crippen molar-refractivity contribution in [3.8, 4) is 0 Å². The van der Waals surface area contributed by atoms with Crippen molar-refractivity contribution in [3.05, 3.63) is 197 Å². The first-order valence-corrected chi connectivity index (χ1v) is 45.9. The molecule has 0 aliphatic carbocycles. The van der Waals surface area contributed by atoms with E-state index in [1.165, 1.54) is 36.4 Å². The molecule has 124 heavy (non-hydrogen) atoms. The first-order valence-electron chi connectivity index (χ1n) is 41.7. The summed E-state index contributed by atoms with van der Waals surface area (Å²) in [4.78, 5) is 0.386. The van der Waals surface area contributed by atoms with Crippen molar-refractivity contribution in [1.82, 2.24) is 0 Å². The minimum atomic E-state index is -3.78. The van der Waals surface area contributed by atoms with Crippen LogP contribution in [0.2, 0.25) is 0 Å². The van der Waals surface area contributed by atoms with Gasteiger partial charge in [0, 0.05) is 0 Å². The quantitative estimate of drug-likeness (QED) is 0.0213. The van der Waals surface area contributed by atoms with Crippen molar-refractivity contribution in [2.45, 2.75) is 41.1 Å². The topological polar surface area (TPSA) is 374 Å². The van der Waals surface area contributed by atoms with E-state index < -0.39 is 36.0 Å². The Balaban J connectivity index is 0.000000407. The van der Waals surface area contributed by atoms with Gasteiger partial charge in [-0.25, -0.2) is 0 Å². The molecule has 2 N–H and O–H groups in total. The lowest BCUT2D eigenvalue weighted by molar-refractivity contribution is -0.0397. The summed E-state index contributed by atoms with van der Waals surface area (Å²) in [7, 11) is -11.3. The maximum absolute atomic E-state index is 12.1. The molecule has 0 bridgehead atoms. The molecule has 0 saturated heterocycles. The Kier molecular flexibility index (Phi) is 66.7. The van der Waals surface area contributed by atoms with Crippen LogP contribution in [0, 0.1) is 20.8 Å². The lowest BCUT2D eigenvalue weighted by Crippen LogP contribution is -2.34. The summed E-state index contributed by atoms with van der Waals surface area (Å²) in [5.74, 6) is 0. The zero-order valence-corrected chi connectivity index (χ0v) is 74.8. The van der Waals surface area contributed by atoms with Crippen LogP contribution in [-0.4, -0.2) is 353 Å². The zero-order chi connectivity index (χ0) is 88.9. The molecular weight excluding hydrogens is 1680 g/mol. The van der Waals surface area contributed by atoms with E-state index in [-0.39, 0.29) is 67.5 Å². The molecule has 0 aliphatic heterocycles. The van der Waals surface area contributed by atoms with Crippen molar-refractivity contribution in [3.63, 3.8) is 0 Å². The Bertz CT molecular complexity index is 3540. The summed E-state index contributed by atoms with van der Waals surface area (Å²) in [6.45, 7) is 23.5. The molecule has 0 amide bonds. The largest absolute Gasteiger partial charge is 0.394 e. The number of benzene rings is 6. The monoisotopic (exact) mass is 1810 g/mol. The maximum atomic E-state index is 12.1. The summed E-state index contributed by atoms with van der Waals surface area (Å²) in [5.41, 5.74) is 5.34. The van der Waals surface area contributed by atoms with Crippen LogP contribution in [0.1, 0.15) is 33.4 Å². The van der Waals surface area contributed by atoms with Gasteiger partial charge in [-0.2, -0.15) is 25.3 Å². The molecule has 6 aromatic rings. The Morgan fingerprint density at radius 1 is 0.194 bits per heavy atom. The lowest BCUT2D eigenvalue weighted by Gasteiger charge is -2.36. The fraction of sp³-hybridized carbons (Fsp3) is 0.591. The van der Waals surface area contributed by atoms with E-state index in [2.05, 4.69) is 36.4 Å². The second kappa shape index (κ2) is 75.0. The van der Waals surface area contributed by atoms with E-state index in [4.69, 9.17) is 127 Å². The van der Waals surface area contributed by atoms with Gasteiger partial charge >= 0.3 is 0 Å². The standard InChI is InChI=1S/C42H54O11S.2C23H40O11S/c1-37-17-19-41(20-18-37)54(43,44)53-36-34-51-32-30-49-28-26-47-24-22-45-21-23-46-25-27-48-29-31-50-33-35-52-42(38-11-5-2-6-12-38,39-13-7-3-8-14-39)40-15-9-4-10-16-40;2*1-22-2-4-23(5-3-22)35(25,26)34-21-20-33-19-18-32-17-16-31-15-14-30-13-12-29-11-10-28-9-8-27-7-6-24/h2-20H,21-36H2,1H3;2*2-5,24H,6-21H2,1H3. The number of ether oxygens (including phenoxy) is 22. The molecule has 0 radical (unpaired) electrons. The average Bonchev–Trinajstić information content (AvgIpc) is 0.757. The van der Waals surface area contributed by atoms with Gasteiger partial charge in [0.1, 0.15) is 5.60 Å². The van der Waals surface area contributed by atoms with Gasteiger partial charge in [0.05, 0.1) is 332 Å². The van der Waals surface area contributed by atoms with Crippen LogP contribution in [0.3, 0.4) is 0 Å². The number of hydrogen-bond acceptors (Lipinski definition) is 33. The SMILES string of the molecule is Cc1ccc(S(=O)(=O)OCCOCCOCCOCCOCCOCCOCCOCCO)cc1.Cc1ccc(S(=O)(=O)OCCOCCOCCOCCOCCOCCOCCOCCO)cc1.Cc1ccc(S(=O)(=O)OCCOCCOCCOCCOCCOCCOCCOCCOC(c2ccccc2)(c2ccccc2)c2ccccc2)cc1. The predicted molar refractivity (Wildman–Crippen MR) is 459 cm³/mol. The molecule has 0 aliphatic rings. The van der Waals surface area contributed by atoms with Gasteiger partial charge in [0.15, 0.2) is 0 Å². The van der Waals surface area contributed by atoms with Crippen LogP contribution in [0.15, 0.2) is 178 Å². The molecule has 6 aromatic carbocycles. The van der Waals surface area contributed by atoms with Crippen molar-refractivity contribution < 1.29 is 152 Å². The van der Waals surface area contributed by atoms with Gasteiger partial charge in [0.2, 0.25) is 0 Å². The number of rotatable bonds is 80. The van der Waals surface area contributed by atoms with Gasteiger partial charge < -0.3 is 114 Å². The van der Waals surface area contributed by atoms with E-state index in [9.17, 15) is 25.3 Å². The van der Waals surface area contributed by atoms with Crippen LogP contribution in [-0.2, 0) is 153 Å². The number of aliphatic hydroxyl groups excluding tert-OH is 2. The zero-order valence-electron chi connectivity index (χ0n) is 72.3. The van der Waals surface area contributed by atoms with Crippen LogP contribution in [0.25, 0.3) is 0 Å². The van der Waals surface area contributed by atoms with E-state index in [0.717, 1.165) is 33.4 Å². The number of hydrogen-bond donors (Lipinski definition) is 2. The second-order valence-electron chi connectivity index (χ2n) is 26.2. The van der Waals surface area contributed by atoms with Gasteiger partial charge in [-0.3, -0.25) is 12.5 Å². The smallest absolute Gasteiger partial charge is 0.297 e. The molecule has 0 fully saturated rings. The van der Waals surface area contributed by atoms with E-state index in [1.807, 2.05) is 75.4 Å². The van der Waals surface area contributed by atoms with Gasteiger partial charge in [-0.1, -0.05) is 144 Å². The highest BCUT2D eigenvalue weighted by molar-refractivity contribution is 7.87. The number of aliphatic hydroxyl groups is 2. The lowest BCUT2D eigenvalue weighted by atomic mass is 9.80. The molecule has 0 aromatic heterocycles. The molecule has 6 rings (SSSR count). The Hall–Kier alpha value is -5.91. The fourth-order valence-corrected chi connectivity index (χ4v) is 13.0. The minimum Gasteiger partial charge on any atom is -0.394 e. The summed E-state index contributed by atoms with van der Waals surface area (Å²) in [6, 6.07) is 50.3. The normalized spacial score (nSPS) is 11.9. The molecule has 36 heteroatoms. The van der Waals surface area contributed by atoms with Crippen LogP contribution in [0.4, 0.5) is 0 Å². The molecule has 0 unspecified atom stereocenters. The molecule has 0 atom stereocenters. The second-order valence-corrected chi connectivity index (χ2v) is 31.0. The predicted octanol–water partition coefficient (Wildman–Crippen LogP) is 7.44. The van der Waals surface area contributed by atoms with Gasteiger partial charge in [0.25, 0.3) is 30.4 Å². The van der Waals surface area contributed by atoms with E-state index >= 15 is 0 Å². The first-order chi connectivity index (χ1) is 60.6. The summed E-state index contributed by atoms with van der Waals surface area (Å²) in [6.07, 6.45) is 0. The van der Waals surface area contributed by atoms with Crippen molar-refractivity contribution in [2.75, 3.05) is 317 Å². The molecule has 702 valence electrons. The fourth-order valence-electron chi connectivity index (χ4n) is 10.3. The van der Waals surface area contributed by atoms with Crippen molar-refractivity contribution >= 4 is 30.4 Å². The molecule has 0 spiro atoms. The van der Waals surface area contributed by atoms with Crippen LogP contribution >= 0.6 is 0 Å². The van der Waals surface area contributed by atoms with Gasteiger partial charge in [-0.05, 0) is 73.9 Å². The Morgan fingerprint density at radius 3 is 0.500 bits per heavy atom. The Morgan fingerprint density at radius 2 is 0.339 bits per heavy atom. The highest BCUT2D eigenvalue weighted by atomic mass is 32.2. The molecule has 0 saturated carbocycles. The van der Waals surface area contributed by atoms with Crippen LogP contribution in [0.5, 0.6) is 0 Å². The third kappa shape index (κ3) is 55.7. The van der Waals surface area contributed by atoms with Gasteiger partial charge in [-0.15, -0.1) is 0 Å². The number of aryl methyl sites for hydroxylation is 3. The molecule has 0 heterocycles. The third-order valence-corrected chi connectivity index (χ3v) is 20.6. The van der Waals surface area contributed by atoms with Crippen molar-refractivity contribution in [1.29, 1.82) is 0 Å². The Labute approximate surface area is 734 Å². The first kappa shape index (κ1) is 110. The maximum Gasteiger partial charge on any atom is 0.297 e. The summed E-state index contributed by atoms with van der Waals surface area (Å²) >= 11 is 0. The molecular formula is C88H134O33S3. The van der Waals surface area contributed by atoms with E-state index in [1.54, 1.807) is 36.4 Å². The highest BCUT2D eigenvalue weighted by Gasteiger charge is 2.37. The average molecular weight is 1820 g/mol. The summed E-state index contributed by atoms with van der Waals surface area (Å²) in [5, 5.41) is 17.1. The van der Waals surface area contributed by atoms with Crippen LogP contribution < -0.4 is 0 Å². The van der Waals surface area contributed by atoms with E-state index in [0.29, 0.717) is 264 Å². The highest BCUT2D eigenvalue weighted by Crippen LogP contribution is 2.40. The van der Waals surface area contributed by atoms with Crippen molar-refractivity contribution in [2.24, 2.45) is 0 Å². The minimum absolute atomic E-state index is 0.0166. The third-order valence-electron chi connectivity index (χ3n) is 16.6. The molecule has 33 nitrogen and oxygen atoms in total. The summed E-state index contributed by atoms with van der Waals surface area (Å²) < 4.78 is 207.